The summed E-state index contributed by atoms with van der Waals surface area (Å²) in [5, 5.41) is 3.41. The lowest BCUT2D eigenvalue weighted by Gasteiger charge is -2.23. The maximum Gasteiger partial charge on any atom is 0.251 e. The largest absolute Gasteiger partial charge is 0.454 e. The summed E-state index contributed by atoms with van der Waals surface area (Å²) in [4.78, 5) is 25.9. The van der Waals surface area contributed by atoms with Gasteiger partial charge in [-0.05, 0) is 42.8 Å². The van der Waals surface area contributed by atoms with Gasteiger partial charge in [-0.15, -0.1) is 0 Å². The predicted octanol–water partition coefficient (Wildman–Crippen LogP) is 3.16. The Bertz CT molecular complexity index is 853. The van der Waals surface area contributed by atoms with Crippen LogP contribution in [-0.4, -0.2) is 31.7 Å². The van der Waals surface area contributed by atoms with Crippen molar-refractivity contribution >= 4 is 29.1 Å². The molecule has 2 aromatic carbocycles. The van der Waals surface area contributed by atoms with E-state index in [0.29, 0.717) is 35.2 Å². The van der Waals surface area contributed by atoms with Crippen LogP contribution in [0.25, 0.3) is 0 Å². The van der Waals surface area contributed by atoms with E-state index in [1.807, 2.05) is 13.0 Å². The zero-order valence-electron chi connectivity index (χ0n) is 14.5. The minimum atomic E-state index is -0.241. The fourth-order valence-electron chi connectivity index (χ4n) is 2.76. The highest BCUT2D eigenvalue weighted by Gasteiger charge is 2.18. The van der Waals surface area contributed by atoms with Crippen molar-refractivity contribution in [3.8, 4) is 11.5 Å². The molecule has 2 amide bonds. The van der Waals surface area contributed by atoms with Gasteiger partial charge in [-0.1, -0.05) is 17.7 Å². The van der Waals surface area contributed by atoms with Crippen molar-refractivity contribution < 1.29 is 19.1 Å². The Balaban J connectivity index is 1.64. The van der Waals surface area contributed by atoms with Gasteiger partial charge in [0.15, 0.2) is 11.5 Å². The fraction of sp³-hybridized carbons (Fsp3) is 0.263. The van der Waals surface area contributed by atoms with Gasteiger partial charge in [-0.2, -0.15) is 0 Å². The Labute approximate surface area is 156 Å². The SMILES string of the molecule is CC(=O)N(CCNC(=O)c1ccc2c(c1)OCO2)c1cccc(Cl)c1C. The lowest BCUT2D eigenvalue weighted by molar-refractivity contribution is -0.116. The highest BCUT2D eigenvalue weighted by Crippen LogP contribution is 2.32. The van der Waals surface area contributed by atoms with E-state index in [4.69, 9.17) is 21.1 Å². The summed E-state index contributed by atoms with van der Waals surface area (Å²) in [5.41, 5.74) is 2.04. The van der Waals surface area contributed by atoms with Gasteiger partial charge in [0.1, 0.15) is 0 Å². The molecule has 2 aromatic rings. The first-order valence-electron chi connectivity index (χ1n) is 8.18. The smallest absolute Gasteiger partial charge is 0.251 e. The third-order valence-electron chi connectivity index (χ3n) is 4.17. The summed E-state index contributed by atoms with van der Waals surface area (Å²) in [6.07, 6.45) is 0. The van der Waals surface area contributed by atoms with Gasteiger partial charge in [0.25, 0.3) is 5.91 Å². The van der Waals surface area contributed by atoms with Crippen LogP contribution >= 0.6 is 11.6 Å². The number of halogens is 1. The minimum Gasteiger partial charge on any atom is -0.454 e. The second kappa shape index (κ2) is 7.66. The van der Waals surface area contributed by atoms with Crippen LogP contribution in [0.2, 0.25) is 5.02 Å². The minimum absolute atomic E-state index is 0.118. The topological polar surface area (TPSA) is 67.9 Å². The molecule has 3 rings (SSSR count). The number of nitrogens with zero attached hydrogens (tertiary/aromatic N) is 1. The van der Waals surface area contributed by atoms with Gasteiger partial charge >= 0.3 is 0 Å². The molecule has 1 aliphatic rings. The van der Waals surface area contributed by atoms with Crippen LogP contribution in [0.5, 0.6) is 11.5 Å². The molecule has 0 atom stereocenters. The molecular weight excluding hydrogens is 356 g/mol. The number of amides is 2. The maximum atomic E-state index is 12.3. The van der Waals surface area contributed by atoms with Crippen molar-refractivity contribution in [1.29, 1.82) is 0 Å². The first-order chi connectivity index (χ1) is 12.5. The monoisotopic (exact) mass is 374 g/mol. The van der Waals surface area contributed by atoms with E-state index in [9.17, 15) is 9.59 Å². The summed E-state index contributed by atoms with van der Waals surface area (Å²) < 4.78 is 10.5. The van der Waals surface area contributed by atoms with Crippen LogP contribution in [-0.2, 0) is 4.79 Å². The van der Waals surface area contributed by atoms with Crippen LogP contribution in [0.4, 0.5) is 5.69 Å². The van der Waals surface area contributed by atoms with E-state index in [1.54, 1.807) is 35.2 Å². The molecule has 0 spiro atoms. The molecule has 0 saturated carbocycles. The molecule has 26 heavy (non-hydrogen) atoms. The first-order valence-corrected chi connectivity index (χ1v) is 8.56. The standard InChI is InChI=1S/C19H19ClN2O4/c1-12-15(20)4-3-5-16(12)22(13(2)23)9-8-21-19(24)14-6-7-17-18(10-14)26-11-25-17/h3-7,10H,8-9,11H2,1-2H3,(H,21,24). The molecule has 0 saturated heterocycles. The number of carbonyl (C=O) groups is 2. The molecule has 0 fully saturated rings. The number of nitrogens with one attached hydrogen (secondary N) is 1. The van der Waals surface area contributed by atoms with E-state index in [1.165, 1.54) is 6.92 Å². The number of hydrogen-bond donors (Lipinski definition) is 1. The number of fused-ring (bicyclic) bond motifs is 1. The normalized spacial score (nSPS) is 12.0. The molecule has 0 unspecified atom stereocenters. The number of carbonyl (C=O) groups excluding carboxylic acids is 2. The Kier molecular flexibility index (Phi) is 5.32. The van der Waals surface area contributed by atoms with Crippen molar-refractivity contribution in [3.05, 3.63) is 52.5 Å². The van der Waals surface area contributed by atoms with E-state index in [0.717, 1.165) is 11.3 Å². The summed E-state index contributed by atoms with van der Waals surface area (Å²) in [5.74, 6) is 0.820. The van der Waals surface area contributed by atoms with Crippen LogP contribution < -0.4 is 19.7 Å². The van der Waals surface area contributed by atoms with Crippen molar-refractivity contribution in [2.24, 2.45) is 0 Å². The Morgan fingerprint density at radius 2 is 1.96 bits per heavy atom. The first kappa shape index (κ1) is 18.1. The molecule has 7 heteroatoms. The van der Waals surface area contributed by atoms with Crippen LogP contribution in [0.1, 0.15) is 22.8 Å². The average Bonchev–Trinajstić information content (AvgIpc) is 3.09. The molecule has 6 nitrogen and oxygen atoms in total. The van der Waals surface area contributed by atoms with Crippen LogP contribution in [0.3, 0.4) is 0 Å². The van der Waals surface area contributed by atoms with Gasteiger partial charge in [-0.3, -0.25) is 9.59 Å². The van der Waals surface area contributed by atoms with E-state index in [-0.39, 0.29) is 18.6 Å². The predicted molar refractivity (Wildman–Crippen MR) is 99.1 cm³/mol. The van der Waals surface area contributed by atoms with Gasteiger partial charge in [0.2, 0.25) is 12.7 Å². The van der Waals surface area contributed by atoms with Crippen LogP contribution in [0.15, 0.2) is 36.4 Å². The van der Waals surface area contributed by atoms with Gasteiger partial charge < -0.3 is 19.7 Å². The Hall–Kier alpha value is -2.73. The quantitative estimate of drug-likeness (QED) is 0.872. The lowest BCUT2D eigenvalue weighted by Crippen LogP contribution is -2.38. The van der Waals surface area contributed by atoms with Gasteiger partial charge in [-0.25, -0.2) is 0 Å². The Morgan fingerprint density at radius 3 is 2.73 bits per heavy atom. The number of rotatable bonds is 5. The zero-order valence-corrected chi connectivity index (χ0v) is 15.3. The van der Waals surface area contributed by atoms with E-state index < -0.39 is 0 Å². The van der Waals surface area contributed by atoms with Crippen molar-refractivity contribution in [2.75, 3.05) is 24.8 Å². The fourth-order valence-corrected chi connectivity index (χ4v) is 2.93. The summed E-state index contributed by atoms with van der Waals surface area (Å²) in [6.45, 7) is 4.15. The van der Waals surface area contributed by atoms with Crippen LogP contribution in [0, 0.1) is 6.92 Å². The molecule has 1 N–H and O–H groups in total. The van der Waals surface area contributed by atoms with Crippen molar-refractivity contribution in [3.63, 3.8) is 0 Å². The third kappa shape index (κ3) is 3.75. The number of hydrogen-bond acceptors (Lipinski definition) is 4. The molecule has 1 heterocycles. The second-order valence-corrected chi connectivity index (χ2v) is 6.29. The highest BCUT2D eigenvalue weighted by molar-refractivity contribution is 6.31. The van der Waals surface area contributed by atoms with Crippen molar-refractivity contribution in [1.82, 2.24) is 5.32 Å². The molecule has 1 aliphatic heterocycles. The zero-order chi connectivity index (χ0) is 18.7. The number of benzene rings is 2. The second-order valence-electron chi connectivity index (χ2n) is 5.88. The average molecular weight is 375 g/mol. The number of ether oxygens (including phenoxy) is 2. The maximum absolute atomic E-state index is 12.3. The summed E-state index contributed by atoms with van der Waals surface area (Å²) in [7, 11) is 0. The highest BCUT2D eigenvalue weighted by atomic mass is 35.5. The molecule has 0 radical (unpaired) electrons. The Morgan fingerprint density at radius 1 is 1.19 bits per heavy atom. The molecule has 0 bridgehead atoms. The van der Waals surface area contributed by atoms with Gasteiger partial charge in [0.05, 0.1) is 0 Å². The summed E-state index contributed by atoms with van der Waals surface area (Å²) >= 11 is 6.14. The molecular formula is C19H19ClN2O4. The molecule has 136 valence electrons. The van der Waals surface area contributed by atoms with Crippen molar-refractivity contribution in [2.45, 2.75) is 13.8 Å². The van der Waals surface area contributed by atoms with E-state index >= 15 is 0 Å². The molecule has 0 aliphatic carbocycles. The number of anilines is 1. The summed E-state index contributed by atoms with van der Waals surface area (Å²) in [6, 6.07) is 10.4. The van der Waals surface area contributed by atoms with Gasteiger partial charge in [0, 0.05) is 36.3 Å². The lowest BCUT2D eigenvalue weighted by atomic mass is 10.1. The third-order valence-corrected chi connectivity index (χ3v) is 4.58. The van der Waals surface area contributed by atoms with E-state index in [2.05, 4.69) is 5.32 Å². The molecule has 0 aromatic heterocycles.